The largest absolute Gasteiger partial charge is 0.338 e. The molecule has 0 spiro atoms. The number of amides is 2. The van der Waals surface area contributed by atoms with Crippen LogP contribution < -0.4 is 10.6 Å². The highest BCUT2D eigenvalue weighted by Crippen LogP contribution is 2.25. The molecule has 1 aromatic rings. The van der Waals surface area contributed by atoms with Crippen molar-refractivity contribution in [2.75, 3.05) is 11.9 Å². The zero-order chi connectivity index (χ0) is 10.6. The summed E-state index contributed by atoms with van der Waals surface area (Å²) in [4.78, 5) is 11.2. The fourth-order valence-electron chi connectivity index (χ4n) is 0.920. The fourth-order valence-corrected chi connectivity index (χ4v) is 1.45. The van der Waals surface area contributed by atoms with Gasteiger partial charge in [0.2, 0.25) is 0 Å². The molecule has 0 saturated heterocycles. The Labute approximate surface area is 96.0 Å². The molecule has 0 atom stereocenters. The summed E-state index contributed by atoms with van der Waals surface area (Å²) in [5.41, 5.74) is 0.590. The number of benzene rings is 1. The summed E-state index contributed by atoms with van der Waals surface area (Å²) in [6.07, 6.45) is 0. The van der Waals surface area contributed by atoms with Gasteiger partial charge in [0.1, 0.15) is 0 Å². The number of anilines is 1. The number of halogens is 2. The summed E-state index contributed by atoms with van der Waals surface area (Å²) in [5, 5.41) is 5.77. The molecule has 1 rings (SSSR count). The summed E-state index contributed by atoms with van der Waals surface area (Å²) >= 11 is 9.17. The molecule has 0 aromatic heterocycles. The molecular formula is C9H10BrClN2O. The fraction of sp³-hybridized carbons (Fsp3) is 0.222. The van der Waals surface area contributed by atoms with E-state index in [9.17, 15) is 4.79 Å². The second-order valence-electron chi connectivity index (χ2n) is 2.61. The quantitative estimate of drug-likeness (QED) is 0.856. The third kappa shape index (κ3) is 3.20. The summed E-state index contributed by atoms with van der Waals surface area (Å²) in [6, 6.07) is 5.02. The number of nitrogens with one attached hydrogen (secondary N) is 2. The molecule has 76 valence electrons. The Kier molecular flexibility index (Phi) is 4.22. The summed E-state index contributed by atoms with van der Waals surface area (Å²) < 4.78 is 0.869. The normalized spacial score (nSPS) is 9.64. The van der Waals surface area contributed by atoms with Crippen LogP contribution in [0.25, 0.3) is 0 Å². The number of rotatable bonds is 2. The van der Waals surface area contributed by atoms with E-state index in [0.29, 0.717) is 17.3 Å². The van der Waals surface area contributed by atoms with Gasteiger partial charge in [-0.3, -0.25) is 0 Å². The Morgan fingerprint density at radius 2 is 2.29 bits per heavy atom. The maximum atomic E-state index is 11.2. The molecule has 0 bridgehead atoms. The number of carbonyl (C=O) groups excluding carboxylic acids is 1. The first kappa shape index (κ1) is 11.3. The predicted molar refractivity (Wildman–Crippen MR) is 61.8 cm³/mol. The lowest BCUT2D eigenvalue weighted by Crippen LogP contribution is -2.28. The average Bonchev–Trinajstić information content (AvgIpc) is 2.12. The van der Waals surface area contributed by atoms with Gasteiger partial charge >= 0.3 is 6.03 Å². The van der Waals surface area contributed by atoms with Crippen LogP contribution in [0, 0.1) is 0 Å². The molecule has 0 fully saturated rings. The molecular weight excluding hydrogens is 267 g/mol. The van der Waals surface area contributed by atoms with E-state index in [1.54, 1.807) is 12.1 Å². The van der Waals surface area contributed by atoms with Crippen LogP contribution in [0.5, 0.6) is 0 Å². The van der Waals surface area contributed by atoms with Gasteiger partial charge in [-0.15, -0.1) is 0 Å². The van der Waals surface area contributed by atoms with E-state index in [0.717, 1.165) is 4.47 Å². The minimum Gasteiger partial charge on any atom is -0.338 e. The van der Waals surface area contributed by atoms with Gasteiger partial charge < -0.3 is 10.6 Å². The first-order valence-electron chi connectivity index (χ1n) is 4.13. The Hall–Kier alpha value is -0.740. The van der Waals surface area contributed by atoms with Gasteiger partial charge in [0.25, 0.3) is 0 Å². The van der Waals surface area contributed by atoms with Crippen molar-refractivity contribution >= 4 is 39.2 Å². The van der Waals surface area contributed by atoms with E-state index in [1.165, 1.54) is 0 Å². The molecule has 1 aromatic carbocycles. The number of hydrogen-bond acceptors (Lipinski definition) is 1. The Bertz CT molecular complexity index is 344. The van der Waals surface area contributed by atoms with Crippen molar-refractivity contribution in [2.24, 2.45) is 0 Å². The Morgan fingerprint density at radius 3 is 2.93 bits per heavy atom. The third-order valence-electron chi connectivity index (χ3n) is 1.51. The highest BCUT2D eigenvalue weighted by molar-refractivity contribution is 9.10. The van der Waals surface area contributed by atoms with Gasteiger partial charge in [-0.25, -0.2) is 4.79 Å². The molecule has 2 amide bonds. The number of carbonyl (C=O) groups is 1. The molecule has 0 heterocycles. The molecule has 14 heavy (non-hydrogen) atoms. The second kappa shape index (κ2) is 5.22. The van der Waals surface area contributed by atoms with Gasteiger partial charge in [-0.1, -0.05) is 27.5 Å². The lowest BCUT2D eigenvalue weighted by molar-refractivity contribution is 0.252. The van der Waals surface area contributed by atoms with E-state index in [2.05, 4.69) is 26.6 Å². The molecule has 0 unspecified atom stereocenters. The summed E-state index contributed by atoms with van der Waals surface area (Å²) in [6.45, 7) is 2.43. The topological polar surface area (TPSA) is 41.1 Å². The summed E-state index contributed by atoms with van der Waals surface area (Å²) in [5.74, 6) is 0. The average molecular weight is 278 g/mol. The van der Waals surface area contributed by atoms with Crippen LogP contribution in [0.3, 0.4) is 0 Å². The van der Waals surface area contributed by atoms with Gasteiger partial charge in [0.05, 0.1) is 10.7 Å². The Morgan fingerprint density at radius 1 is 1.57 bits per heavy atom. The van der Waals surface area contributed by atoms with E-state index < -0.39 is 0 Å². The van der Waals surface area contributed by atoms with Crippen molar-refractivity contribution in [3.05, 3.63) is 27.7 Å². The van der Waals surface area contributed by atoms with Crippen LogP contribution in [-0.4, -0.2) is 12.6 Å². The molecule has 3 nitrogen and oxygen atoms in total. The van der Waals surface area contributed by atoms with Crippen LogP contribution in [0.4, 0.5) is 10.5 Å². The summed E-state index contributed by atoms with van der Waals surface area (Å²) in [7, 11) is 0. The van der Waals surface area contributed by atoms with Crippen molar-refractivity contribution in [1.82, 2.24) is 5.32 Å². The molecule has 2 N–H and O–H groups in total. The van der Waals surface area contributed by atoms with Crippen LogP contribution >= 0.6 is 27.5 Å². The van der Waals surface area contributed by atoms with Gasteiger partial charge in [0, 0.05) is 11.0 Å². The van der Waals surface area contributed by atoms with Crippen molar-refractivity contribution in [1.29, 1.82) is 0 Å². The Balaban J connectivity index is 2.75. The zero-order valence-electron chi connectivity index (χ0n) is 7.60. The molecule has 5 heteroatoms. The van der Waals surface area contributed by atoms with E-state index in [4.69, 9.17) is 11.6 Å². The monoisotopic (exact) mass is 276 g/mol. The van der Waals surface area contributed by atoms with E-state index in [-0.39, 0.29) is 6.03 Å². The van der Waals surface area contributed by atoms with Gasteiger partial charge in [0.15, 0.2) is 0 Å². The number of urea groups is 1. The maximum absolute atomic E-state index is 11.2. The van der Waals surface area contributed by atoms with Crippen molar-refractivity contribution in [2.45, 2.75) is 6.92 Å². The smallest absolute Gasteiger partial charge is 0.319 e. The lowest BCUT2D eigenvalue weighted by atomic mass is 10.3. The minimum absolute atomic E-state index is 0.257. The first-order valence-corrected chi connectivity index (χ1v) is 5.30. The van der Waals surface area contributed by atoms with Gasteiger partial charge in [-0.05, 0) is 25.1 Å². The maximum Gasteiger partial charge on any atom is 0.319 e. The second-order valence-corrected chi connectivity index (χ2v) is 3.93. The highest BCUT2D eigenvalue weighted by Gasteiger charge is 2.04. The standard InChI is InChI=1S/C9H10BrClN2O/c1-2-12-9(14)13-8-5-6(10)3-4-7(8)11/h3-5H,2H2,1H3,(H2,12,13,14). The number of hydrogen-bond donors (Lipinski definition) is 2. The van der Waals surface area contributed by atoms with Crippen LogP contribution in [-0.2, 0) is 0 Å². The SMILES string of the molecule is CCNC(=O)Nc1cc(Br)ccc1Cl. The lowest BCUT2D eigenvalue weighted by Gasteiger charge is -2.07. The van der Waals surface area contributed by atoms with Crippen LogP contribution in [0.1, 0.15) is 6.92 Å². The predicted octanol–water partition coefficient (Wildman–Crippen LogP) is 3.24. The molecule has 0 aliphatic rings. The van der Waals surface area contributed by atoms with Crippen LogP contribution in [0.15, 0.2) is 22.7 Å². The van der Waals surface area contributed by atoms with Crippen molar-refractivity contribution in [3.8, 4) is 0 Å². The zero-order valence-corrected chi connectivity index (χ0v) is 9.95. The van der Waals surface area contributed by atoms with Gasteiger partial charge in [-0.2, -0.15) is 0 Å². The third-order valence-corrected chi connectivity index (χ3v) is 2.34. The van der Waals surface area contributed by atoms with E-state index >= 15 is 0 Å². The first-order chi connectivity index (χ1) is 6.63. The van der Waals surface area contributed by atoms with Crippen molar-refractivity contribution < 1.29 is 4.79 Å². The van der Waals surface area contributed by atoms with Crippen molar-refractivity contribution in [3.63, 3.8) is 0 Å². The van der Waals surface area contributed by atoms with Crippen LogP contribution in [0.2, 0.25) is 5.02 Å². The molecule has 0 aliphatic heterocycles. The highest BCUT2D eigenvalue weighted by atomic mass is 79.9. The molecule has 0 radical (unpaired) electrons. The molecule has 0 aliphatic carbocycles. The van der Waals surface area contributed by atoms with E-state index in [1.807, 2.05) is 13.0 Å². The minimum atomic E-state index is -0.257. The molecule has 0 saturated carbocycles.